The second kappa shape index (κ2) is 6.57. The van der Waals surface area contributed by atoms with Crippen molar-refractivity contribution in [3.63, 3.8) is 0 Å². The van der Waals surface area contributed by atoms with Gasteiger partial charge in [-0.1, -0.05) is 41.9 Å². The Morgan fingerprint density at radius 2 is 2.12 bits per heavy atom. The summed E-state index contributed by atoms with van der Waals surface area (Å²) < 4.78 is 7.59. The first kappa shape index (κ1) is 15.7. The maximum absolute atomic E-state index is 11.9. The summed E-state index contributed by atoms with van der Waals surface area (Å²) in [5.74, 6) is 1.10. The van der Waals surface area contributed by atoms with Gasteiger partial charge in [-0.3, -0.25) is 10.1 Å². The van der Waals surface area contributed by atoms with E-state index in [2.05, 4.69) is 15.4 Å². The van der Waals surface area contributed by atoms with Crippen molar-refractivity contribution in [2.24, 2.45) is 0 Å². The molecule has 1 atom stereocenters. The lowest BCUT2D eigenvalue weighted by atomic mass is 10.0. The number of amides is 1. The minimum absolute atomic E-state index is 0.0760. The monoisotopic (exact) mass is 354 g/mol. The maximum Gasteiger partial charge on any atom is 0.229 e. The highest BCUT2D eigenvalue weighted by molar-refractivity contribution is 6.31. The number of carbonyl (C=O) groups excluding carboxylic acids is 1. The van der Waals surface area contributed by atoms with E-state index in [1.165, 1.54) is 6.33 Å². The fraction of sp³-hybridized carbons (Fsp3) is 0.167. The smallest absolute Gasteiger partial charge is 0.229 e. The summed E-state index contributed by atoms with van der Waals surface area (Å²) in [5.41, 5.74) is 1.86. The fourth-order valence-corrected chi connectivity index (χ4v) is 3.04. The molecule has 3 aromatic rings. The molecule has 1 N–H and O–H groups in total. The van der Waals surface area contributed by atoms with Crippen LogP contribution in [0.25, 0.3) is 0 Å². The first-order valence-corrected chi connectivity index (χ1v) is 8.24. The molecule has 0 radical (unpaired) electrons. The predicted molar refractivity (Wildman–Crippen MR) is 93.6 cm³/mol. The summed E-state index contributed by atoms with van der Waals surface area (Å²) >= 11 is 6.16. The zero-order chi connectivity index (χ0) is 17.2. The molecule has 1 aromatic heterocycles. The van der Waals surface area contributed by atoms with Gasteiger partial charge in [-0.05, 0) is 23.8 Å². The first-order chi connectivity index (χ1) is 12.2. The van der Waals surface area contributed by atoms with Crippen LogP contribution in [0.5, 0.6) is 5.75 Å². The van der Waals surface area contributed by atoms with Gasteiger partial charge < -0.3 is 4.74 Å². The Kier molecular flexibility index (Phi) is 4.11. The molecule has 0 spiro atoms. The molecule has 1 unspecified atom stereocenters. The summed E-state index contributed by atoms with van der Waals surface area (Å²) in [6, 6.07) is 15.0. The molecule has 0 aliphatic carbocycles. The largest absolute Gasteiger partial charge is 0.489 e. The fourth-order valence-electron chi connectivity index (χ4n) is 2.85. The van der Waals surface area contributed by atoms with Gasteiger partial charge in [-0.25, -0.2) is 4.68 Å². The molecule has 0 fully saturated rings. The third-order valence-corrected chi connectivity index (χ3v) is 4.46. The molecule has 1 amide bonds. The Hall–Kier alpha value is -2.86. The van der Waals surface area contributed by atoms with E-state index in [0.717, 1.165) is 11.1 Å². The highest BCUT2D eigenvalue weighted by Crippen LogP contribution is 2.30. The second-order valence-corrected chi connectivity index (χ2v) is 6.16. The van der Waals surface area contributed by atoms with Gasteiger partial charge in [-0.2, -0.15) is 10.1 Å². The Balaban J connectivity index is 1.56. The number of halogens is 1. The number of hydrogen-bond donors (Lipinski definition) is 1. The van der Waals surface area contributed by atoms with Gasteiger partial charge in [0, 0.05) is 10.6 Å². The molecule has 7 heteroatoms. The predicted octanol–water partition coefficient (Wildman–Crippen LogP) is 3.44. The van der Waals surface area contributed by atoms with Crippen LogP contribution in [0.4, 0.5) is 5.95 Å². The average molecular weight is 355 g/mol. The zero-order valence-electron chi connectivity index (χ0n) is 13.2. The van der Waals surface area contributed by atoms with E-state index in [4.69, 9.17) is 16.3 Å². The number of ether oxygens (including phenoxy) is 1. The molecule has 6 nitrogen and oxygen atoms in total. The van der Waals surface area contributed by atoms with Crippen LogP contribution in [0.3, 0.4) is 0 Å². The number of anilines is 1. The van der Waals surface area contributed by atoms with Gasteiger partial charge in [0.15, 0.2) is 0 Å². The topological polar surface area (TPSA) is 69.0 Å². The molecule has 4 rings (SSSR count). The van der Waals surface area contributed by atoms with Crippen LogP contribution in [0, 0.1) is 0 Å². The molecule has 25 heavy (non-hydrogen) atoms. The molecule has 2 aromatic carbocycles. The van der Waals surface area contributed by atoms with Gasteiger partial charge in [0.2, 0.25) is 11.9 Å². The van der Waals surface area contributed by atoms with Crippen molar-refractivity contribution in [3.05, 3.63) is 71.0 Å². The Morgan fingerprint density at radius 1 is 1.24 bits per heavy atom. The van der Waals surface area contributed by atoms with E-state index in [-0.39, 0.29) is 11.9 Å². The van der Waals surface area contributed by atoms with Crippen molar-refractivity contribution in [2.75, 3.05) is 5.32 Å². The van der Waals surface area contributed by atoms with E-state index >= 15 is 0 Å². The molecule has 1 aliphatic rings. The van der Waals surface area contributed by atoms with E-state index < -0.39 is 0 Å². The molecule has 0 saturated heterocycles. The van der Waals surface area contributed by atoms with Crippen molar-refractivity contribution in [2.45, 2.75) is 19.1 Å². The van der Waals surface area contributed by atoms with Crippen LogP contribution < -0.4 is 10.1 Å². The summed E-state index contributed by atoms with van der Waals surface area (Å²) in [4.78, 5) is 16.0. The summed E-state index contributed by atoms with van der Waals surface area (Å²) in [7, 11) is 0. The molecule has 2 heterocycles. The normalized spacial score (nSPS) is 16.2. The molecule has 0 bridgehead atoms. The SMILES string of the molecule is O=C1CC(c2cccc(OCc3ccccc3Cl)c2)n2ncnc2N1. The molecule has 1 aliphatic heterocycles. The number of hydrogen-bond acceptors (Lipinski definition) is 4. The average Bonchev–Trinajstić information content (AvgIpc) is 3.09. The summed E-state index contributed by atoms with van der Waals surface area (Å²) in [6.07, 6.45) is 1.75. The van der Waals surface area contributed by atoms with Crippen molar-refractivity contribution in [3.8, 4) is 5.75 Å². The van der Waals surface area contributed by atoms with Crippen LogP contribution >= 0.6 is 11.6 Å². The number of aromatic nitrogens is 3. The highest BCUT2D eigenvalue weighted by Gasteiger charge is 2.27. The van der Waals surface area contributed by atoms with Crippen LogP contribution in [-0.4, -0.2) is 20.7 Å². The molecular weight excluding hydrogens is 340 g/mol. The lowest BCUT2D eigenvalue weighted by Gasteiger charge is -2.24. The van der Waals surface area contributed by atoms with E-state index in [9.17, 15) is 4.79 Å². The van der Waals surface area contributed by atoms with Gasteiger partial charge in [0.05, 0.1) is 12.5 Å². The molecule has 0 saturated carbocycles. The number of nitrogens with one attached hydrogen (secondary N) is 1. The van der Waals surface area contributed by atoms with Gasteiger partial charge >= 0.3 is 0 Å². The van der Waals surface area contributed by atoms with Gasteiger partial charge in [0.1, 0.15) is 18.7 Å². The Bertz CT molecular complexity index is 925. The quantitative estimate of drug-likeness (QED) is 0.779. The van der Waals surface area contributed by atoms with E-state index in [1.54, 1.807) is 4.68 Å². The summed E-state index contributed by atoms with van der Waals surface area (Å²) in [6.45, 7) is 0.378. The van der Waals surface area contributed by atoms with E-state index in [0.29, 0.717) is 29.7 Å². The third kappa shape index (κ3) is 3.21. The lowest BCUT2D eigenvalue weighted by Crippen LogP contribution is -2.29. The second-order valence-electron chi connectivity index (χ2n) is 5.75. The lowest BCUT2D eigenvalue weighted by molar-refractivity contribution is -0.117. The van der Waals surface area contributed by atoms with Crippen LogP contribution in [0.1, 0.15) is 23.6 Å². The molecule has 126 valence electrons. The minimum atomic E-state index is -0.199. The summed E-state index contributed by atoms with van der Waals surface area (Å²) in [5, 5.41) is 7.60. The number of benzene rings is 2. The third-order valence-electron chi connectivity index (χ3n) is 4.09. The maximum atomic E-state index is 11.9. The molecular formula is C18H15ClN4O2. The van der Waals surface area contributed by atoms with Crippen molar-refractivity contribution in [1.82, 2.24) is 14.8 Å². The first-order valence-electron chi connectivity index (χ1n) is 7.86. The zero-order valence-corrected chi connectivity index (χ0v) is 14.0. The Labute approximate surface area is 149 Å². The highest BCUT2D eigenvalue weighted by atomic mass is 35.5. The van der Waals surface area contributed by atoms with Crippen molar-refractivity contribution >= 4 is 23.5 Å². The van der Waals surface area contributed by atoms with Crippen LogP contribution in [-0.2, 0) is 11.4 Å². The van der Waals surface area contributed by atoms with E-state index in [1.807, 2.05) is 48.5 Å². The number of fused-ring (bicyclic) bond motifs is 1. The van der Waals surface area contributed by atoms with Gasteiger partial charge in [-0.15, -0.1) is 0 Å². The number of rotatable bonds is 4. The van der Waals surface area contributed by atoms with Crippen LogP contribution in [0.2, 0.25) is 5.02 Å². The van der Waals surface area contributed by atoms with Crippen molar-refractivity contribution in [1.29, 1.82) is 0 Å². The standard InChI is InChI=1S/C18H15ClN4O2/c19-15-7-2-1-4-13(15)10-25-14-6-3-5-12(8-14)16-9-17(24)22-18-20-11-21-23(16)18/h1-8,11,16H,9-10H2,(H,20,21,22,24). The van der Waals surface area contributed by atoms with Gasteiger partial charge in [0.25, 0.3) is 0 Å². The minimum Gasteiger partial charge on any atom is -0.489 e. The number of carbonyl (C=O) groups is 1. The Morgan fingerprint density at radius 3 is 3.00 bits per heavy atom. The van der Waals surface area contributed by atoms with Crippen molar-refractivity contribution < 1.29 is 9.53 Å². The van der Waals surface area contributed by atoms with Crippen LogP contribution in [0.15, 0.2) is 54.9 Å². The number of nitrogens with zero attached hydrogens (tertiary/aromatic N) is 3.